The summed E-state index contributed by atoms with van der Waals surface area (Å²) in [6, 6.07) is 2.04. The Bertz CT molecular complexity index is 465. The normalized spacial score (nSPS) is 26.4. The highest BCUT2D eigenvalue weighted by molar-refractivity contribution is 5.77. The van der Waals surface area contributed by atoms with Gasteiger partial charge in [-0.1, -0.05) is 5.16 Å². The maximum Gasteiger partial charge on any atom is 0.223 e. The Labute approximate surface area is 119 Å². The molecular weight excluding hydrogens is 256 g/mol. The summed E-state index contributed by atoms with van der Waals surface area (Å²) in [6.07, 6.45) is 5.97. The third-order valence-electron chi connectivity index (χ3n) is 4.26. The van der Waals surface area contributed by atoms with Crippen molar-refractivity contribution >= 4 is 5.91 Å². The molecule has 3 heterocycles. The molecule has 1 aromatic heterocycles. The maximum absolute atomic E-state index is 12.4. The van der Waals surface area contributed by atoms with Crippen molar-refractivity contribution in [2.75, 3.05) is 13.2 Å². The minimum Gasteiger partial charge on any atom is -0.378 e. The van der Waals surface area contributed by atoms with Gasteiger partial charge in [0.1, 0.15) is 11.5 Å². The fraction of sp³-hybridized carbons (Fsp3) is 0.733. The van der Waals surface area contributed by atoms with Crippen molar-refractivity contribution in [3.63, 3.8) is 0 Å². The van der Waals surface area contributed by atoms with E-state index in [1.165, 1.54) is 0 Å². The van der Waals surface area contributed by atoms with Crippen molar-refractivity contribution in [2.45, 2.75) is 57.6 Å². The molecule has 0 aromatic carbocycles. The van der Waals surface area contributed by atoms with Crippen molar-refractivity contribution in [2.24, 2.45) is 0 Å². The largest absolute Gasteiger partial charge is 0.378 e. The zero-order chi connectivity index (χ0) is 13.9. The van der Waals surface area contributed by atoms with Crippen molar-refractivity contribution in [3.05, 3.63) is 17.5 Å². The van der Waals surface area contributed by atoms with Gasteiger partial charge >= 0.3 is 0 Å². The lowest BCUT2D eigenvalue weighted by molar-refractivity contribution is -0.132. The van der Waals surface area contributed by atoms with Gasteiger partial charge in [-0.25, -0.2) is 0 Å². The number of rotatable bonds is 4. The first-order valence-electron chi connectivity index (χ1n) is 7.58. The summed E-state index contributed by atoms with van der Waals surface area (Å²) in [5, 5.41) is 4.07. The summed E-state index contributed by atoms with van der Waals surface area (Å²) >= 11 is 0. The molecule has 2 saturated heterocycles. The predicted molar refractivity (Wildman–Crippen MR) is 73.1 cm³/mol. The molecule has 0 saturated carbocycles. The number of hydrogen-bond acceptors (Lipinski definition) is 4. The molecule has 1 aromatic rings. The average Bonchev–Trinajstić information content (AvgIpc) is 3.16. The van der Waals surface area contributed by atoms with E-state index in [9.17, 15) is 4.79 Å². The van der Waals surface area contributed by atoms with Gasteiger partial charge in [0.15, 0.2) is 0 Å². The number of aryl methyl sites for hydroxylation is 1. The Morgan fingerprint density at radius 1 is 1.45 bits per heavy atom. The highest BCUT2D eigenvalue weighted by Gasteiger charge is 2.32. The molecule has 1 amide bonds. The second kappa shape index (κ2) is 5.95. The van der Waals surface area contributed by atoms with Gasteiger partial charge in [0.25, 0.3) is 0 Å². The van der Waals surface area contributed by atoms with Crippen molar-refractivity contribution < 1.29 is 14.1 Å². The second-order valence-corrected chi connectivity index (χ2v) is 5.78. The fourth-order valence-electron chi connectivity index (χ4n) is 3.22. The number of hydrogen-bond donors (Lipinski definition) is 0. The lowest BCUT2D eigenvalue weighted by Crippen LogP contribution is -2.31. The molecule has 2 atom stereocenters. The number of nitrogens with zero attached hydrogens (tertiary/aromatic N) is 2. The summed E-state index contributed by atoms with van der Waals surface area (Å²) in [5.41, 5.74) is 0.894. The van der Waals surface area contributed by atoms with Crippen LogP contribution in [-0.4, -0.2) is 35.2 Å². The highest BCUT2D eigenvalue weighted by atomic mass is 16.5. The lowest BCUT2D eigenvalue weighted by atomic mass is 10.1. The Hall–Kier alpha value is -1.36. The van der Waals surface area contributed by atoms with Crippen LogP contribution in [0.25, 0.3) is 0 Å². The first-order valence-corrected chi connectivity index (χ1v) is 7.58. The number of likely N-dealkylation sites (tertiary alicyclic amines) is 1. The molecule has 0 spiro atoms. The molecule has 2 unspecified atom stereocenters. The SMILES string of the molecule is Cc1cc(C2CCCN2C(=O)CCC2CCCO2)no1. The maximum atomic E-state index is 12.4. The molecule has 0 N–H and O–H groups in total. The number of aromatic nitrogens is 1. The fourth-order valence-corrected chi connectivity index (χ4v) is 3.22. The first kappa shape index (κ1) is 13.6. The van der Waals surface area contributed by atoms with E-state index in [-0.39, 0.29) is 18.1 Å². The Morgan fingerprint density at radius 3 is 3.05 bits per heavy atom. The smallest absolute Gasteiger partial charge is 0.223 e. The highest BCUT2D eigenvalue weighted by Crippen LogP contribution is 2.32. The van der Waals surface area contributed by atoms with E-state index >= 15 is 0 Å². The van der Waals surface area contributed by atoms with E-state index in [2.05, 4.69) is 5.16 Å². The van der Waals surface area contributed by atoms with Crippen LogP contribution in [0.3, 0.4) is 0 Å². The van der Waals surface area contributed by atoms with Gasteiger partial charge in [-0.2, -0.15) is 0 Å². The summed E-state index contributed by atoms with van der Waals surface area (Å²) in [4.78, 5) is 14.4. The van der Waals surface area contributed by atoms with Gasteiger partial charge in [-0.15, -0.1) is 0 Å². The molecule has 110 valence electrons. The molecule has 2 fully saturated rings. The van der Waals surface area contributed by atoms with E-state index in [0.29, 0.717) is 6.42 Å². The van der Waals surface area contributed by atoms with E-state index in [1.807, 2.05) is 17.9 Å². The van der Waals surface area contributed by atoms with Gasteiger partial charge < -0.3 is 14.2 Å². The zero-order valence-corrected chi connectivity index (χ0v) is 12.0. The molecule has 20 heavy (non-hydrogen) atoms. The van der Waals surface area contributed by atoms with E-state index in [0.717, 1.165) is 56.7 Å². The molecular formula is C15H22N2O3. The van der Waals surface area contributed by atoms with Crippen LogP contribution < -0.4 is 0 Å². The molecule has 0 aliphatic carbocycles. The van der Waals surface area contributed by atoms with Gasteiger partial charge in [0.2, 0.25) is 5.91 Å². The lowest BCUT2D eigenvalue weighted by Gasteiger charge is -2.23. The molecule has 0 bridgehead atoms. The van der Waals surface area contributed by atoms with E-state index < -0.39 is 0 Å². The van der Waals surface area contributed by atoms with Crippen LogP contribution in [-0.2, 0) is 9.53 Å². The molecule has 2 aliphatic heterocycles. The number of amides is 1. The quantitative estimate of drug-likeness (QED) is 0.849. The first-order chi connectivity index (χ1) is 9.74. The van der Waals surface area contributed by atoms with Crippen LogP contribution in [0.4, 0.5) is 0 Å². The molecule has 3 rings (SSSR count). The Morgan fingerprint density at radius 2 is 2.35 bits per heavy atom. The van der Waals surface area contributed by atoms with Gasteiger partial charge in [0.05, 0.1) is 12.1 Å². The molecule has 2 aliphatic rings. The zero-order valence-electron chi connectivity index (χ0n) is 12.0. The summed E-state index contributed by atoms with van der Waals surface area (Å²) in [6.45, 7) is 3.57. The van der Waals surface area contributed by atoms with Gasteiger partial charge in [-0.05, 0) is 39.0 Å². The minimum absolute atomic E-state index is 0.101. The van der Waals surface area contributed by atoms with Gasteiger partial charge in [-0.3, -0.25) is 4.79 Å². The molecule has 5 heteroatoms. The third kappa shape index (κ3) is 2.87. The molecule has 0 radical (unpaired) electrons. The monoisotopic (exact) mass is 278 g/mol. The van der Waals surface area contributed by atoms with E-state index in [1.54, 1.807) is 0 Å². The second-order valence-electron chi connectivity index (χ2n) is 5.78. The molecule has 5 nitrogen and oxygen atoms in total. The standard InChI is InChI=1S/C15H22N2O3/c1-11-10-13(16-20-11)14-5-2-8-17(14)15(18)7-6-12-4-3-9-19-12/h10,12,14H,2-9H2,1H3. The van der Waals surface area contributed by atoms with Crippen molar-refractivity contribution in [1.82, 2.24) is 10.1 Å². The summed E-state index contributed by atoms with van der Waals surface area (Å²) in [5.74, 6) is 1.03. The van der Waals surface area contributed by atoms with Crippen LogP contribution in [0.2, 0.25) is 0 Å². The van der Waals surface area contributed by atoms with Crippen molar-refractivity contribution in [1.29, 1.82) is 0 Å². The Kier molecular flexibility index (Phi) is 4.05. The van der Waals surface area contributed by atoms with Crippen molar-refractivity contribution in [3.8, 4) is 0 Å². The van der Waals surface area contributed by atoms with Crippen LogP contribution >= 0.6 is 0 Å². The van der Waals surface area contributed by atoms with E-state index in [4.69, 9.17) is 9.26 Å². The van der Waals surface area contributed by atoms with Crippen LogP contribution in [0.5, 0.6) is 0 Å². The van der Waals surface area contributed by atoms with Crippen LogP contribution in [0.1, 0.15) is 56.0 Å². The predicted octanol–water partition coefficient (Wildman–Crippen LogP) is 2.61. The summed E-state index contributed by atoms with van der Waals surface area (Å²) in [7, 11) is 0. The number of ether oxygens (including phenoxy) is 1. The van der Waals surface area contributed by atoms with Gasteiger partial charge in [0, 0.05) is 25.6 Å². The third-order valence-corrected chi connectivity index (χ3v) is 4.26. The van der Waals surface area contributed by atoms with Crippen LogP contribution in [0, 0.1) is 6.92 Å². The average molecular weight is 278 g/mol. The number of carbonyl (C=O) groups is 1. The summed E-state index contributed by atoms with van der Waals surface area (Å²) < 4.78 is 10.7. The van der Waals surface area contributed by atoms with Crippen LogP contribution in [0.15, 0.2) is 10.6 Å². The topological polar surface area (TPSA) is 55.6 Å². The Balaban J connectivity index is 1.58. The minimum atomic E-state index is 0.101. The number of carbonyl (C=O) groups excluding carboxylic acids is 1.